The van der Waals surface area contributed by atoms with Crippen molar-refractivity contribution >= 4 is 11.6 Å². The summed E-state index contributed by atoms with van der Waals surface area (Å²) >= 11 is 5.43. The van der Waals surface area contributed by atoms with Crippen LogP contribution in [0.4, 0.5) is 8.78 Å². The van der Waals surface area contributed by atoms with Crippen molar-refractivity contribution in [2.45, 2.75) is 6.61 Å². The predicted molar refractivity (Wildman–Crippen MR) is 37.3 cm³/mol. The highest BCUT2D eigenvalue weighted by molar-refractivity contribution is 6.31. The summed E-state index contributed by atoms with van der Waals surface area (Å²) in [6.45, 7) is -0.595. The maximum atomic E-state index is 12.6. The van der Waals surface area contributed by atoms with E-state index in [4.69, 9.17) is 16.7 Å². The largest absolute Gasteiger partial charge is 0.392 e. The zero-order chi connectivity index (χ0) is 8.43. The fourth-order valence-electron chi connectivity index (χ4n) is 0.714. The molecule has 0 aliphatic carbocycles. The minimum atomic E-state index is -1.08. The number of aliphatic hydroxyl groups excluding tert-OH is 1. The molecule has 0 saturated carbocycles. The Morgan fingerprint density at radius 3 is 2.45 bits per heavy atom. The first kappa shape index (κ1) is 8.43. The molecule has 1 aromatic carbocycles. The second kappa shape index (κ2) is 3.15. The Kier molecular flexibility index (Phi) is 2.42. The minimum absolute atomic E-state index is 0.0337. The van der Waals surface area contributed by atoms with Crippen molar-refractivity contribution in [2.24, 2.45) is 0 Å². The Balaban J connectivity index is 3.29. The van der Waals surface area contributed by atoms with Gasteiger partial charge in [0.1, 0.15) is 0 Å². The van der Waals surface area contributed by atoms with Gasteiger partial charge in [0, 0.05) is 10.6 Å². The normalized spacial score (nSPS) is 10.2. The van der Waals surface area contributed by atoms with Gasteiger partial charge >= 0.3 is 0 Å². The Bertz CT molecular complexity index is 275. The van der Waals surface area contributed by atoms with Crippen LogP contribution >= 0.6 is 11.6 Å². The molecule has 4 heteroatoms. The van der Waals surface area contributed by atoms with Crippen molar-refractivity contribution < 1.29 is 13.9 Å². The summed E-state index contributed by atoms with van der Waals surface area (Å²) in [4.78, 5) is 0. The average molecular weight is 179 g/mol. The quantitative estimate of drug-likeness (QED) is 0.653. The Labute approximate surface area is 67.2 Å². The lowest BCUT2D eigenvalue weighted by Crippen LogP contribution is -1.94. The van der Waals surface area contributed by atoms with E-state index in [1.165, 1.54) is 6.07 Å². The Hall–Kier alpha value is -0.670. The molecule has 11 heavy (non-hydrogen) atoms. The van der Waals surface area contributed by atoms with Gasteiger partial charge in [0.25, 0.3) is 0 Å². The molecule has 0 fully saturated rings. The predicted octanol–water partition coefficient (Wildman–Crippen LogP) is 2.11. The van der Waals surface area contributed by atoms with Crippen LogP contribution in [0.15, 0.2) is 12.1 Å². The fraction of sp³-hybridized carbons (Fsp3) is 0.143. The van der Waals surface area contributed by atoms with Gasteiger partial charge in [0.05, 0.1) is 6.61 Å². The van der Waals surface area contributed by atoms with Crippen LogP contribution in [0.1, 0.15) is 5.56 Å². The molecule has 60 valence electrons. The lowest BCUT2D eigenvalue weighted by molar-refractivity contribution is 0.273. The van der Waals surface area contributed by atoms with Gasteiger partial charge in [-0.3, -0.25) is 0 Å². The standard InChI is InChI=1S/C7H5ClF2O/c8-5-1-2-6(9)7(10)4(5)3-11/h1-2,11H,3H2. The molecule has 0 aromatic heterocycles. The van der Waals surface area contributed by atoms with E-state index in [0.717, 1.165) is 6.07 Å². The molecule has 1 rings (SSSR count). The van der Waals surface area contributed by atoms with Crippen LogP contribution < -0.4 is 0 Å². The van der Waals surface area contributed by atoms with Gasteiger partial charge in [-0.15, -0.1) is 0 Å². The van der Waals surface area contributed by atoms with E-state index in [2.05, 4.69) is 0 Å². The Morgan fingerprint density at radius 1 is 1.36 bits per heavy atom. The molecule has 1 N–H and O–H groups in total. The van der Waals surface area contributed by atoms with Gasteiger partial charge in [-0.05, 0) is 12.1 Å². The smallest absolute Gasteiger partial charge is 0.165 e. The highest BCUT2D eigenvalue weighted by atomic mass is 35.5. The zero-order valence-electron chi connectivity index (χ0n) is 5.44. The molecule has 0 bridgehead atoms. The number of halogens is 3. The van der Waals surface area contributed by atoms with Crippen LogP contribution in [0.2, 0.25) is 5.02 Å². The SMILES string of the molecule is OCc1c(Cl)ccc(F)c1F. The van der Waals surface area contributed by atoms with Crippen LogP contribution in [0, 0.1) is 11.6 Å². The third-order valence-corrected chi connectivity index (χ3v) is 1.65. The molecule has 1 nitrogen and oxygen atoms in total. The number of aliphatic hydroxyl groups is 1. The molecule has 0 unspecified atom stereocenters. The summed E-state index contributed by atoms with van der Waals surface area (Å²) in [5, 5.41) is 8.57. The summed E-state index contributed by atoms with van der Waals surface area (Å²) in [6.07, 6.45) is 0. The van der Waals surface area contributed by atoms with E-state index in [0.29, 0.717) is 0 Å². The fourth-order valence-corrected chi connectivity index (χ4v) is 0.920. The topological polar surface area (TPSA) is 20.2 Å². The highest BCUT2D eigenvalue weighted by Crippen LogP contribution is 2.20. The van der Waals surface area contributed by atoms with Gasteiger partial charge in [-0.25, -0.2) is 8.78 Å². The van der Waals surface area contributed by atoms with Gasteiger partial charge in [-0.1, -0.05) is 11.6 Å². The van der Waals surface area contributed by atoms with Crippen molar-refractivity contribution in [3.8, 4) is 0 Å². The second-order valence-corrected chi connectivity index (χ2v) is 2.39. The number of rotatable bonds is 1. The maximum Gasteiger partial charge on any atom is 0.165 e. The molecule has 0 heterocycles. The van der Waals surface area contributed by atoms with Gasteiger partial charge in [0.15, 0.2) is 11.6 Å². The third-order valence-electron chi connectivity index (χ3n) is 1.30. The monoisotopic (exact) mass is 178 g/mol. The van der Waals surface area contributed by atoms with E-state index in [9.17, 15) is 8.78 Å². The lowest BCUT2D eigenvalue weighted by Gasteiger charge is -2.01. The molecule has 1 aromatic rings. The number of benzene rings is 1. The van der Waals surface area contributed by atoms with E-state index < -0.39 is 18.2 Å². The number of hydrogen-bond donors (Lipinski definition) is 1. The van der Waals surface area contributed by atoms with Crippen molar-refractivity contribution in [3.63, 3.8) is 0 Å². The summed E-state index contributed by atoms with van der Waals surface area (Å²) < 4.78 is 25.0. The molecule has 0 spiro atoms. The van der Waals surface area contributed by atoms with Gasteiger partial charge in [0.2, 0.25) is 0 Å². The molecule has 0 aliphatic heterocycles. The summed E-state index contributed by atoms with van der Waals surface area (Å²) in [5.74, 6) is -2.08. The third kappa shape index (κ3) is 1.49. The minimum Gasteiger partial charge on any atom is -0.392 e. The van der Waals surface area contributed by atoms with Gasteiger partial charge in [-0.2, -0.15) is 0 Å². The van der Waals surface area contributed by atoms with Crippen LogP contribution in [-0.2, 0) is 6.61 Å². The summed E-state index contributed by atoms with van der Waals surface area (Å²) in [7, 11) is 0. The van der Waals surface area contributed by atoms with Crippen LogP contribution in [0.5, 0.6) is 0 Å². The summed E-state index contributed by atoms with van der Waals surface area (Å²) in [5.41, 5.74) is -0.202. The molecular weight excluding hydrogens is 174 g/mol. The Morgan fingerprint density at radius 2 is 2.00 bits per heavy atom. The molecule has 0 atom stereocenters. The highest BCUT2D eigenvalue weighted by Gasteiger charge is 2.10. The zero-order valence-corrected chi connectivity index (χ0v) is 6.20. The van der Waals surface area contributed by atoms with Crippen molar-refractivity contribution in [2.75, 3.05) is 0 Å². The number of hydrogen-bond acceptors (Lipinski definition) is 1. The van der Waals surface area contributed by atoms with E-state index in [1.807, 2.05) is 0 Å². The second-order valence-electron chi connectivity index (χ2n) is 1.98. The van der Waals surface area contributed by atoms with Gasteiger partial charge < -0.3 is 5.11 Å². The first-order chi connectivity index (χ1) is 5.16. The molecule has 0 amide bonds. The van der Waals surface area contributed by atoms with Crippen LogP contribution in [-0.4, -0.2) is 5.11 Å². The average Bonchev–Trinajstić information content (AvgIpc) is 1.99. The molecule has 0 aliphatic rings. The van der Waals surface area contributed by atoms with E-state index >= 15 is 0 Å². The maximum absolute atomic E-state index is 12.6. The summed E-state index contributed by atoms with van der Waals surface area (Å²) in [6, 6.07) is 2.11. The van der Waals surface area contributed by atoms with Crippen LogP contribution in [0.3, 0.4) is 0 Å². The molecular formula is C7H5ClF2O. The van der Waals surface area contributed by atoms with Crippen molar-refractivity contribution in [3.05, 3.63) is 34.4 Å². The molecule has 0 radical (unpaired) electrons. The van der Waals surface area contributed by atoms with Crippen LogP contribution in [0.25, 0.3) is 0 Å². The van der Waals surface area contributed by atoms with E-state index in [1.54, 1.807) is 0 Å². The van der Waals surface area contributed by atoms with Crippen molar-refractivity contribution in [1.29, 1.82) is 0 Å². The van der Waals surface area contributed by atoms with Crippen molar-refractivity contribution in [1.82, 2.24) is 0 Å². The molecule has 0 saturated heterocycles. The lowest BCUT2D eigenvalue weighted by atomic mass is 10.2. The first-order valence-electron chi connectivity index (χ1n) is 2.90. The first-order valence-corrected chi connectivity index (χ1v) is 3.28. The van der Waals surface area contributed by atoms with E-state index in [-0.39, 0.29) is 10.6 Å².